The van der Waals surface area contributed by atoms with Gasteiger partial charge in [0.15, 0.2) is 6.61 Å². The molecule has 126 valence electrons. The average Bonchev–Trinajstić information content (AvgIpc) is 2.86. The molecular weight excluding hydrogens is 316 g/mol. The molecule has 0 radical (unpaired) electrons. The number of hydrogen-bond acceptors (Lipinski definition) is 6. The number of rotatable bonds is 5. The van der Waals surface area contributed by atoms with E-state index in [4.69, 9.17) is 4.74 Å². The van der Waals surface area contributed by atoms with Gasteiger partial charge in [-0.15, -0.1) is 0 Å². The first-order valence-corrected chi connectivity index (χ1v) is 7.01. The summed E-state index contributed by atoms with van der Waals surface area (Å²) >= 11 is 0. The topological polar surface area (TPSA) is 116 Å². The van der Waals surface area contributed by atoms with Crippen LogP contribution in [-0.4, -0.2) is 33.2 Å². The van der Waals surface area contributed by atoms with Gasteiger partial charge in [-0.3, -0.25) is 19.6 Å². The highest BCUT2D eigenvalue weighted by molar-refractivity contribution is 5.96. The first-order chi connectivity index (χ1) is 11.3. The minimum atomic E-state index is -0.661. The second-order valence-electron chi connectivity index (χ2n) is 5.10. The van der Waals surface area contributed by atoms with E-state index in [1.807, 2.05) is 0 Å². The maximum absolute atomic E-state index is 11.9. The Bertz CT molecular complexity index is 812. The first-order valence-electron chi connectivity index (χ1n) is 7.01. The molecule has 1 N–H and O–H groups in total. The third-order valence-corrected chi connectivity index (χ3v) is 3.57. The number of carbonyl (C=O) groups is 2. The monoisotopic (exact) mass is 332 g/mol. The van der Waals surface area contributed by atoms with Crippen molar-refractivity contribution in [3.05, 3.63) is 51.3 Å². The number of esters is 1. The highest BCUT2D eigenvalue weighted by Gasteiger charge is 2.18. The van der Waals surface area contributed by atoms with Crippen molar-refractivity contribution in [3.8, 4) is 0 Å². The van der Waals surface area contributed by atoms with Gasteiger partial charge < -0.3 is 10.1 Å². The van der Waals surface area contributed by atoms with Gasteiger partial charge in [-0.1, -0.05) is 6.07 Å². The maximum atomic E-state index is 11.9. The summed E-state index contributed by atoms with van der Waals surface area (Å²) in [6.07, 6.45) is 1.36. The van der Waals surface area contributed by atoms with E-state index in [0.717, 1.165) is 0 Å². The standard InChI is InChI=1S/C15H16N4O5/c1-9-12(5-4-6-13(9)19(22)23)17-14(20)8-24-15(21)11-7-16-18(3)10(11)2/h4-7H,8H2,1-3H3,(H,17,20). The number of aromatic nitrogens is 2. The minimum absolute atomic E-state index is 0.101. The van der Waals surface area contributed by atoms with Gasteiger partial charge in [0.05, 0.1) is 22.4 Å². The molecule has 0 spiro atoms. The molecule has 2 aromatic rings. The van der Waals surface area contributed by atoms with Gasteiger partial charge in [0.2, 0.25) is 0 Å². The van der Waals surface area contributed by atoms with E-state index < -0.39 is 23.4 Å². The van der Waals surface area contributed by atoms with Gasteiger partial charge >= 0.3 is 5.97 Å². The van der Waals surface area contributed by atoms with Gasteiger partial charge in [0, 0.05) is 18.8 Å². The van der Waals surface area contributed by atoms with Crippen LogP contribution < -0.4 is 5.32 Å². The lowest BCUT2D eigenvalue weighted by Gasteiger charge is -2.09. The molecule has 0 atom stereocenters. The third-order valence-electron chi connectivity index (χ3n) is 3.57. The van der Waals surface area contributed by atoms with Gasteiger partial charge in [0.25, 0.3) is 11.6 Å². The largest absolute Gasteiger partial charge is 0.452 e. The summed E-state index contributed by atoms with van der Waals surface area (Å²) in [4.78, 5) is 34.1. The van der Waals surface area contributed by atoms with Crippen LogP contribution in [0.5, 0.6) is 0 Å². The van der Waals surface area contributed by atoms with E-state index in [9.17, 15) is 19.7 Å². The number of ether oxygens (including phenoxy) is 1. The van der Waals surface area contributed by atoms with Gasteiger partial charge in [-0.05, 0) is 19.9 Å². The molecule has 24 heavy (non-hydrogen) atoms. The van der Waals surface area contributed by atoms with Gasteiger partial charge in [-0.2, -0.15) is 5.10 Å². The zero-order valence-electron chi connectivity index (χ0n) is 13.4. The van der Waals surface area contributed by atoms with Crippen LogP contribution in [0.1, 0.15) is 21.6 Å². The van der Waals surface area contributed by atoms with Crippen LogP contribution in [-0.2, 0) is 16.6 Å². The van der Waals surface area contributed by atoms with Crippen molar-refractivity contribution in [2.45, 2.75) is 13.8 Å². The molecule has 0 unspecified atom stereocenters. The van der Waals surface area contributed by atoms with Crippen LogP contribution in [0.3, 0.4) is 0 Å². The molecule has 1 aromatic heterocycles. The number of hydrogen-bond donors (Lipinski definition) is 1. The molecule has 1 heterocycles. The fraction of sp³-hybridized carbons (Fsp3) is 0.267. The second-order valence-corrected chi connectivity index (χ2v) is 5.10. The van der Waals surface area contributed by atoms with Gasteiger partial charge in [-0.25, -0.2) is 4.79 Å². The molecule has 0 aliphatic heterocycles. The van der Waals surface area contributed by atoms with Crippen LogP contribution in [0.25, 0.3) is 0 Å². The van der Waals surface area contributed by atoms with Crippen molar-refractivity contribution < 1.29 is 19.2 Å². The number of nitrogens with zero attached hydrogens (tertiary/aromatic N) is 3. The predicted molar refractivity (Wildman–Crippen MR) is 84.7 cm³/mol. The van der Waals surface area contributed by atoms with Crippen LogP contribution >= 0.6 is 0 Å². The SMILES string of the molecule is Cc1c(NC(=O)COC(=O)c2cnn(C)c2C)cccc1[N+](=O)[O-]. The second kappa shape index (κ2) is 6.90. The summed E-state index contributed by atoms with van der Waals surface area (Å²) in [5, 5.41) is 17.3. The minimum Gasteiger partial charge on any atom is -0.452 e. The molecule has 0 saturated carbocycles. The number of nitrogens with one attached hydrogen (secondary N) is 1. The van der Waals surface area contributed by atoms with E-state index in [0.29, 0.717) is 16.9 Å². The predicted octanol–water partition coefficient (Wildman–Crippen LogP) is 1.74. The van der Waals surface area contributed by atoms with Crippen LogP contribution in [0.15, 0.2) is 24.4 Å². The molecule has 2 rings (SSSR count). The molecule has 0 aliphatic carbocycles. The van der Waals surface area contributed by atoms with E-state index >= 15 is 0 Å². The Morgan fingerprint density at radius 3 is 2.67 bits per heavy atom. The molecule has 1 aromatic carbocycles. The van der Waals surface area contributed by atoms with Crippen LogP contribution in [0.2, 0.25) is 0 Å². The molecular formula is C15H16N4O5. The summed E-state index contributed by atoms with van der Waals surface area (Å²) < 4.78 is 6.45. The lowest BCUT2D eigenvalue weighted by atomic mass is 10.1. The highest BCUT2D eigenvalue weighted by atomic mass is 16.6. The van der Waals surface area contributed by atoms with Crippen molar-refractivity contribution in [2.24, 2.45) is 7.05 Å². The molecule has 0 bridgehead atoms. The highest BCUT2D eigenvalue weighted by Crippen LogP contribution is 2.24. The number of nitro groups is 1. The fourth-order valence-electron chi connectivity index (χ4n) is 2.05. The molecule has 0 saturated heterocycles. The summed E-state index contributed by atoms with van der Waals surface area (Å²) in [6.45, 7) is 2.73. The zero-order valence-corrected chi connectivity index (χ0v) is 13.4. The maximum Gasteiger partial charge on any atom is 0.342 e. The number of amides is 1. The Morgan fingerprint density at radius 1 is 1.38 bits per heavy atom. The number of carbonyl (C=O) groups excluding carboxylic acids is 2. The number of nitro benzene ring substituents is 1. The Balaban J connectivity index is 1.99. The Kier molecular flexibility index (Phi) is 4.93. The molecule has 9 nitrogen and oxygen atoms in total. The summed E-state index contributed by atoms with van der Waals surface area (Å²) in [5.41, 5.74) is 1.41. The van der Waals surface area contributed by atoms with Gasteiger partial charge in [0.1, 0.15) is 5.56 Å². The molecule has 1 amide bonds. The van der Waals surface area contributed by atoms with Crippen molar-refractivity contribution in [1.29, 1.82) is 0 Å². The van der Waals surface area contributed by atoms with Crippen LogP contribution in [0, 0.1) is 24.0 Å². The van der Waals surface area contributed by atoms with E-state index in [1.165, 1.54) is 36.0 Å². The van der Waals surface area contributed by atoms with Crippen molar-refractivity contribution in [3.63, 3.8) is 0 Å². The first kappa shape index (κ1) is 17.1. The number of benzene rings is 1. The Morgan fingerprint density at radius 2 is 2.08 bits per heavy atom. The lowest BCUT2D eigenvalue weighted by Crippen LogP contribution is -2.21. The van der Waals surface area contributed by atoms with E-state index in [1.54, 1.807) is 14.0 Å². The van der Waals surface area contributed by atoms with Crippen molar-refractivity contribution in [2.75, 3.05) is 11.9 Å². The van der Waals surface area contributed by atoms with Crippen molar-refractivity contribution >= 4 is 23.3 Å². The van der Waals surface area contributed by atoms with E-state index in [2.05, 4.69) is 10.4 Å². The Labute approximate surface area is 137 Å². The smallest absolute Gasteiger partial charge is 0.342 e. The fourth-order valence-corrected chi connectivity index (χ4v) is 2.05. The number of anilines is 1. The number of aryl methyl sites for hydroxylation is 1. The molecule has 0 aliphatic rings. The molecule has 9 heteroatoms. The molecule has 0 fully saturated rings. The average molecular weight is 332 g/mol. The third kappa shape index (κ3) is 3.57. The summed E-state index contributed by atoms with van der Waals surface area (Å²) in [7, 11) is 1.68. The summed E-state index contributed by atoms with van der Waals surface area (Å²) in [6, 6.07) is 4.34. The quantitative estimate of drug-likeness (QED) is 0.506. The lowest BCUT2D eigenvalue weighted by molar-refractivity contribution is -0.385. The van der Waals surface area contributed by atoms with Crippen molar-refractivity contribution in [1.82, 2.24) is 9.78 Å². The Hall–Kier alpha value is -3.23. The van der Waals surface area contributed by atoms with E-state index in [-0.39, 0.29) is 11.3 Å². The zero-order chi connectivity index (χ0) is 17.9. The van der Waals surface area contributed by atoms with Crippen LogP contribution in [0.4, 0.5) is 11.4 Å². The normalized spacial score (nSPS) is 10.3. The summed E-state index contributed by atoms with van der Waals surface area (Å²) in [5.74, 6) is -1.25.